The van der Waals surface area contributed by atoms with E-state index in [-0.39, 0.29) is 0 Å². The second-order valence-electron chi connectivity index (χ2n) is 2.38. The monoisotopic (exact) mass is 169 g/mol. The Morgan fingerprint density at radius 1 is 1.27 bits per heavy atom. The third-order valence-electron chi connectivity index (χ3n) is 1.46. The largest absolute Gasteiger partial charge is 0.413 e. The van der Waals surface area contributed by atoms with E-state index in [2.05, 4.69) is 0 Å². The Morgan fingerprint density at radius 3 is 2.45 bits per heavy atom. The smallest absolute Gasteiger partial charge is 0.320 e. The summed E-state index contributed by atoms with van der Waals surface area (Å²) in [5.41, 5.74) is 7.03. The standard InChI is InChI=1S/C7H11NO2Si/c8-7-4-2-1-3-6(7)5-11(9)10/h1-4,9-11H,5,8H2. The summed E-state index contributed by atoms with van der Waals surface area (Å²) in [7, 11) is -2.51. The van der Waals surface area contributed by atoms with E-state index in [0.717, 1.165) is 5.56 Å². The zero-order chi connectivity index (χ0) is 8.27. The molecule has 1 aromatic carbocycles. The highest BCUT2D eigenvalue weighted by Crippen LogP contribution is 2.10. The second-order valence-corrected chi connectivity index (χ2v) is 3.75. The molecule has 60 valence electrons. The zero-order valence-corrected chi connectivity index (χ0v) is 7.22. The van der Waals surface area contributed by atoms with Gasteiger partial charge in [0.15, 0.2) is 0 Å². The number of nitrogens with two attached hydrogens (primary N) is 1. The first-order valence-electron chi connectivity index (χ1n) is 3.39. The molecular weight excluding hydrogens is 158 g/mol. The third kappa shape index (κ3) is 2.34. The molecule has 0 aliphatic rings. The molecule has 4 N–H and O–H groups in total. The van der Waals surface area contributed by atoms with E-state index < -0.39 is 9.28 Å². The van der Waals surface area contributed by atoms with Crippen LogP contribution in [0.1, 0.15) is 5.56 Å². The lowest BCUT2D eigenvalue weighted by Crippen LogP contribution is -2.16. The SMILES string of the molecule is Nc1ccccc1C[SiH](O)O. The lowest BCUT2D eigenvalue weighted by Gasteiger charge is -2.03. The molecule has 0 radical (unpaired) electrons. The van der Waals surface area contributed by atoms with E-state index in [0.29, 0.717) is 11.7 Å². The maximum absolute atomic E-state index is 8.77. The van der Waals surface area contributed by atoms with E-state index in [1.807, 2.05) is 18.2 Å². The van der Waals surface area contributed by atoms with Crippen LogP contribution in [0.3, 0.4) is 0 Å². The first-order chi connectivity index (χ1) is 5.20. The molecule has 1 rings (SSSR count). The van der Waals surface area contributed by atoms with Gasteiger partial charge in [-0.05, 0) is 11.6 Å². The molecule has 0 aromatic heterocycles. The maximum Gasteiger partial charge on any atom is 0.320 e. The van der Waals surface area contributed by atoms with Crippen LogP contribution in [0.4, 0.5) is 5.69 Å². The van der Waals surface area contributed by atoms with Crippen LogP contribution >= 0.6 is 0 Å². The first-order valence-corrected chi connectivity index (χ1v) is 5.24. The van der Waals surface area contributed by atoms with Crippen molar-refractivity contribution in [2.24, 2.45) is 0 Å². The van der Waals surface area contributed by atoms with Gasteiger partial charge in [-0.25, -0.2) is 0 Å². The second kappa shape index (κ2) is 3.52. The van der Waals surface area contributed by atoms with Gasteiger partial charge in [0.25, 0.3) is 0 Å². The highest BCUT2D eigenvalue weighted by Gasteiger charge is 2.05. The predicted molar refractivity (Wildman–Crippen MR) is 46.1 cm³/mol. The van der Waals surface area contributed by atoms with Gasteiger partial charge in [0.2, 0.25) is 0 Å². The van der Waals surface area contributed by atoms with Crippen molar-refractivity contribution in [3.8, 4) is 0 Å². The molecule has 0 unspecified atom stereocenters. The number of benzene rings is 1. The fraction of sp³-hybridized carbons (Fsp3) is 0.143. The number of para-hydroxylation sites is 1. The summed E-state index contributed by atoms with van der Waals surface area (Å²) < 4.78 is 0. The molecule has 4 heteroatoms. The summed E-state index contributed by atoms with van der Waals surface area (Å²) in [6.45, 7) is 0. The average Bonchev–Trinajstić information content (AvgIpc) is 1.93. The van der Waals surface area contributed by atoms with E-state index in [4.69, 9.17) is 15.3 Å². The van der Waals surface area contributed by atoms with Crippen molar-refractivity contribution in [3.63, 3.8) is 0 Å². The van der Waals surface area contributed by atoms with Crippen molar-refractivity contribution in [1.29, 1.82) is 0 Å². The van der Waals surface area contributed by atoms with Gasteiger partial charge < -0.3 is 15.3 Å². The van der Waals surface area contributed by atoms with Crippen LogP contribution in [0.5, 0.6) is 0 Å². The molecular formula is C7H11NO2Si. The van der Waals surface area contributed by atoms with Gasteiger partial charge in [-0.1, -0.05) is 18.2 Å². The van der Waals surface area contributed by atoms with Gasteiger partial charge in [-0.3, -0.25) is 0 Å². The summed E-state index contributed by atoms with van der Waals surface area (Å²) in [5, 5.41) is 0. The Labute approximate surface area is 66.9 Å². The zero-order valence-electron chi connectivity index (χ0n) is 6.07. The normalized spacial score (nSPS) is 10.5. The maximum atomic E-state index is 8.77. The van der Waals surface area contributed by atoms with E-state index in [1.54, 1.807) is 6.07 Å². The average molecular weight is 169 g/mol. The molecule has 0 aliphatic heterocycles. The van der Waals surface area contributed by atoms with Crippen LogP contribution in [-0.4, -0.2) is 18.9 Å². The lowest BCUT2D eigenvalue weighted by molar-refractivity contribution is 0.405. The Kier molecular flexibility index (Phi) is 2.64. The minimum Gasteiger partial charge on any atom is -0.413 e. The minimum absolute atomic E-state index is 0.326. The molecule has 0 atom stereocenters. The van der Waals surface area contributed by atoms with Crippen LogP contribution in [-0.2, 0) is 6.04 Å². The fourth-order valence-electron chi connectivity index (χ4n) is 0.917. The van der Waals surface area contributed by atoms with Crippen LogP contribution in [0.15, 0.2) is 24.3 Å². The lowest BCUT2D eigenvalue weighted by atomic mass is 10.2. The van der Waals surface area contributed by atoms with E-state index in [9.17, 15) is 0 Å². The molecule has 0 bridgehead atoms. The number of hydrogen-bond acceptors (Lipinski definition) is 3. The van der Waals surface area contributed by atoms with Crippen molar-refractivity contribution >= 4 is 15.0 Å². The first kappa shape index (κ1) is 8.26. The Bertz CT molecular complexity index is 240. The summed E-state index contributed by atoms with van der Waals surface area (Å²) in [5.74, 6) is 0. The fourth-order valence-corrected chi connectivity index (χ4v) is 1.68. The molecule has 0 heterocycles. The van der Waals surface area contributed by atoms with Gasteiger partial charge >= 0.3 is 9.28 Å². The molecule has 0 fully saturated rings. The van der Waals surface area contributed by atoms with Crippen molar-refractivity contribution in [1.82, 2.24) is 0 Å². The van der Waals surface area contributed by atoms with Gasteiger partial charge in [0.05, 0.1) is 0 Å². The number of anilines is 1. The Hall–Kier alpha value is -0.843. The molecule has 0 saturated heterocycles. The van der Waals surface area contributed by atoms with E-state index >= 15 is 0 Å². The van der Waals surface area contributed by atoms with Crippen molar-refractivity contribution in [3.05, 3.63) is 29.8 Å². The molecule has 1 aromatic rings. The number of nitrogen functional groups attached to an aromatic ring is 1. The van der Waals surface area contributed by atoms with Crippen molar-refractivity contribution in [2.45, 2.75) is 6.04 Å². The highest BCUT2D eigenvalue weighted by molar-refractivity contribution is 6.40. The van der Waals surface area contributed by atoms with Gasteiger partial charge in [-0.2, -0.15) is 0 Å². The molecule has 0 amide bonds. The third-order valence-corrected chi connectivity index (χ3v) is 2.26. The summed E-state index contributed by atoms with van der Waals surface area (Å²) in [6, 6.07) is 7.55. The minimum atomic E-state index is -2.51. The summed E-state index contributed by atoms with van der Waals surface area (Å²) in [4.78, 5) is 17.5. The van der Waals surface area contributed by atoms with Gasteiger partial charge in [-0.15, -0.1) is 0 Å². The van der Waals surface area contributed by atoms with Gasteiger partial charge in [0, 0.05) is 11.7 Å². The Balaban J connectivity index is 2.78. The van der Waals surface area contributed by atoms with Crippen LogP contribution in [0, 0.1) is 0 Å². The Morgan fingerprint density at radius 2 is 1.91 bits per heavy atom. The predicted octanol–water partition coefficient (Wildman–Crippen LogP) is -0.444. The summed E-state index contributed by atoms with van der Waals surface area (Å²) in [6.07, 6.45) is 0. The van der Waals surface area contributed by atoms with Crippen molar-refractivity contribution in [2.75, 3.05) is 5.73 Å². The van der Waals surface area contributed by atoms with Gasteiger partial charge in [0.1, 0.15) is 0 Å². The molecule has 0 saturated carbocycles. The highest BCUT2D eigenvalue weighted by atomic mass is 28.3. The molecule has 0 aliphatic carbocycles. The number of rotatable bonds is 2. The molecule has 3 nitrogen and oxygen atoms in total. The van der Waals surface area contributed by atoms with Crippen LogP contribution in [0.2, 0.25) is 0 Å². The van der Waals surface area contributed by atoms with E-state index in [1.165, 1.54) is 0 Å². The van der Waals surface area contributed by atoms with Crippen LogP contribution in [0.25, 0.3) is 0 Å². The topological polar surface area (TPSA) is 66.5 Å². The van der Waals surface area contributed by atoms with Crippen LogP contribution < -0.4 is 5.73 Å². The molecule has 0 spiro atoms. The summed E-state index contributed by atoms with van der Waals surface area (Å²) >= 11 is 0. The van der Waals surface area contributed by atoms with Crippen molar-refractivity contribution < 1.29 is 9.59 Å². The quantitative estimate of drug-likeness (QED) is 0.415. The molecule has 11 heavy (non-hydrogen) atoms. The number of hydrogen-bond donors (Lipinski definition) is 3.